The normalized spacial score (nSPS) is 14.7. The van der Waals surface area contributed by atoms with Crippen molar-refractivity contribution in [3.8, 4) is 0 Å². The molecule has 2 aromatic rings. The third-order valence-corrected chi connectivity index (χ3v) is 3.27. The second-order valence-corrected chi connectivity index (χ2v) is 4.91. The van der Waals surface area contributed by atoms with E-state index in [1.165, 1.54) is 12.8 Å². The van der Waals surface area contributed by atoms with E-state index in [-0.39, 0.29) is 0 Å². The molecule has 6 heteroatoms. The van der Waals surface area contributed by atoms with E-state index in [4.69, 9.17) is 11.6 Å². The fourth-order valence-electron chi connectivity index (χ4n) is 2.12. The van der Waals surface area contributed by atoms with Gasteiger partial charge < -0.3 is 10.2 Å². The standard InChI is InChI=1S/C13H14ClN5/c14-10-4-3-5-11(8-10)16-12-9-15-18-13(17-12)19-6-1-2-7-19/h3-5,8-9H,1-2,6-7H2,(H,16,17,18). The van der Waals surface area contributed by atoms with Crippen molar-refractivity contribution < 1.29 is 0 Å². The van der Waals surface area contributed by atoms with Gasteiger partial charge >= 0.3 is 0 Å². The van der Waals surface area contributed by atoms with Crippen LogP contribution in [-0.4, -0.2) is 28.3 Å². The number of anilines is 3. The number of nitrogens with one attached hydrogen (secondary N) is 1. The molecule has 19 heavy (non-hydrogen) atoms. The summed E-state index contributed by atoms with van der Waals surface area (Å²) in [5.41, 5.74) is 0.889. The predicted molar refractivity (Wildman–Crippen MR) is 76.0 cm³/mol. The van der Waals surface area contributed by atoms with Gasteiger partial charge in [-0.3, -0.25) is 0 Å². The van der Waals surface area contributed by atoms with E-state index in [0.29, 0.717) is 16.8 Å². The Morgan fingerprint density at radius 2 is 2.05 bits per heavy atom. The van der Waals surface area contributed by atoms with Crippen LogP contribution in [0.4, 0.5) is 17.5 Å². The molecule has 98 valence electrons. The van der Waals surface area contributed by atoms with E-state index in [0.717, 1.165) is 18.8 Å². The highest BCUT2D eigenvalue weighted by Crippen LogP contribution is 2.20. The average Bonchev–Trinajstić information content (AvgIpc) is 2.93. The zero-order chi connectivity index (χ0) is 13.1. The third-order valence-electron chi connectivity index (χ3n) is 3.03. The molecule has 0 radical (unpaired) electrons. The predicted octanol–water partition coefficient (Wildman–Crippen LogP) is 2.87. The smallest absolute Gasteiger partial charge is 0.247 e. The summed E-state index contributed by atoms with van der Waals surface area (Å²) >= 11 is 5.95. The van der Waals surface area contributed by atoms with Crippen molar-refractivity contribution >= 4 is 29.1 Å². The van der Waals surface area contributed by atoms with Gasteiger partial charge in [-0.2, -0.15) is 10.1 Å². The molecule has 1 saturated heterocycles. The summed E-state index contributed by atoms with van der Waals surface area (Å²) in [5, 5.41) is 11.9. The number of hydrogen-bond donors (Lipinski definition) is 1. The lowest BCUT2D eigenvalue weighted by Crippen LogP contribution is -2.21. The number of nitrogens with zero attached hydrogens (tertiary/aromatic N) is 4. The van der Waals surface area contributed by atoms with E-state index in [2.05, 4.69) is 25.4 Å². The highest BCUT2D eigenvalue weighted by molar-refractivity contribution is 6.30. The first kappa shape index (κ1) is 12.2. The summed E-state index contributed by atoms with van der Waals surface area (Å²) in [5.74, 6) is 1.36. The Balaban J connectivity index is 1.79. The maximum absolute atomic E-state index is 5.95. The van der Waals surface area contributed by atoms with Crippen LogP contribution in [-0.2, 0) is 0 Å². The summed E-state index contributed by atoms with van der Waals surface area (Å²) in [7, 11) is 0. The van der Waals surface area contributed by atoms with E-state index < -0.39 is 0 Å². The summed E-state index contributed by atoms with van der Waals surface area (Å²) in [6.07, 6.45) is 3.99. The van der Waals surface area contributed by atoms with Gasteiger partial charge in [0.2, 0.25) is 5.95 Å². The van der Waals surface area contributed by atoms with Crippen molar-refractivity contribution in [1.82, 2.24) is 15.2 Å². The number of benzene rings is 1. The number of halogens is 1. The molecular formula is C13H14ClN5. The van der Waals surface area contributed by atoms with Crippen LogP contribution in [0.5, 0.6) is 0 Å². The minimum Gasteiger partial charge on any atom is -0.339 e. The van der Waals surface area contributed by atoms with Crippen molar-refractivity contribution in [3.63, 3.8) is 0 Å². The molecule has 3 rings (SSSR count). The monoisotopic (exact) mass is 275 g/mol. The summed E-state index contributed by atoms with van der Waals surface area (Å²) in [4.78, 5) is 6.63. The van der Waals surface area contributed by atoms with E-state index in [1.807, 2.05) is 24.3 Å². The SMILES string of the molecule is Clc1cccc(Nc2cnnc(N3CCCC3)n2)c1. The van der Waals surface area contributed by atoms with Gasteiger partial charge in [0.15, 0.2) is 5.82 Å². The van der Waals surface area contributed by atoms with Gasteiger partial charge in [-0.25, -0.2) is 0 Å². The molecule has 1 fully saturated rings. The first-order chi connectivity index (χ1) is 9.31. The fraction of sp³-hybridized carbons (Fsp3) is 0.308. The van der Waals surface area contributed by atoms with Crippen LogP contribution in [0.1, 0.15) is 12.8 Å². The number of hydrogen-bond acceptors (Lipinski definition) is 5. The van der Waals surface area contributed by atoms with Gasteiger partial charge in [-0.15, -0.1) is 5.10 Å². The molecule has 1 aromatic carbocycles. The average molecular weight is 276 g/mol. The summed E-state index contributed by atoms with van der Waals surface area (Å²) in [6, 6.07) is 7.50. The largest absolute Gasteiger partial charge is 0.339 e. The third kappa shape index (κ3) is 2.93. The highest BCUT2D eigenvalue weighted by atomic mass is 35.5. The molecule has 1 aromatic heterocycles. The first-order valence-electron chi connectivity index (χ1n) is 6.28. The Hall–Kier alpha value is -1.88. The zero-order valence-corrected chi connectivity index (χ0v) is 11.1. The van der Waals surface area contributed by atoms with Crippen LogP contribution in [0.3, 0.4) is 0 Å². The van der Waals surface area contributed by atoms with Crippen LogP contribution in [0.15, 0.2) is 30.5 Å². The minimum atomic E-state index is 0.680. The van der Waals surface area contributed by atoms with Crippen LogP contribution in [0.25, 0.3) is 0 Å². The Morgan fingerprint density at radius 3 is 2.84 bits per heavy atom. The Labute approximate surface area is 116 Å². The molecule has 5 nitrogen and oxygen atoms in total. The number of aromatic nitrogens is 3. The van der Waals surface area contributed by atoms with Gasteiger partial charge in [-0.1, -0.05) is 17.7 Å². The van der Waals surface area contributed by atoms with Gasteiger partial charge in [0, 0.05) is 23.8 Å². The molecule has 2 heterocycles. The molecule has 0 atom stereocenters. The molecule has 1 aliphatic rings. The lowest BCUT2D eigenvalue weighted by Gasteiger charge is -2.14. The van der Waals surface area contributed by atoms with Gasteiger partial charge in [0.05, 0.1) is 6.20 Å². The van der Waals surface area contributed by atoms with Gasteiger partial charge in [0.25, 0.3) is 0 Å². The quantitative estimate of drug-likeness (QED) is 0.933. The Bertz CT molecular complexity index is 568. The summed E-state index contributed by atoms with van der Waals surface area (Å²) in [6.45, 7) is 2.00. The second-order valence-electron chi connectivity index (χ2n) is 4.47. The molecule has 0 aliphatic carbocycles. The van der Waals surface area contributed by atoms with Crippen LogP contribution in [0.2, 0.25) is 5.02 Å². The topological polar surface area (TPSA) is 53.9 Å². The van der Waals surface area contributed by atoms with Gasteiger partial charge in [0.1, 0.15) is 0 Å². The minimum absolute atomic E-state index is 0.680. The maximum Gasteiger partial charge on any atom is 0.247 e. The molecule has 0 bridgehead atoms. The first-order valence-corrected chi connectivity index (χ1v) is 6.66. The maximum atomic E-state index is 5.95. The fourth-order valence-corrected chi connectivity index (χ4v) is 2.31. The summed E-state index contributed by atoms with van der Waals surface area (Å²) < 4.78 is 0. The van der Waals surface area contributed by atoms with Crippen LogP contribution < -0.4 is 10.2 Å². The molecule has 0 spiro atoms. The second kappa shape index (κ2) is 5.40. The number of rotatable bonds is 3. The molecule has 1 aliphatic heterocycles. The molecule has 0 amide bonds. The van der Waals surface area contributed by atoms with E-state index >= 15 is 0 Å². The molecule has 0 unspecified atom stereocenters. The van der Waals surface area contributed by atoms with Crippen molar-refractivity contribution in [2.24, 2.45) is 0 Å². The molecule has 1 N–H and O–H groups in total. The lowest BCUT2D eigenvalue weighted by molar-refractivity contribution is 0.852. The zero-order valence-electron chi connectivity index (χ0n) is 10.4. The van der Waals surface area contributed by atoms with Crippen molar-refractivity contribution in [2.45, 2.75) is 12.8 Å². The highest BCUT2D eigenvalue weighted by Gasteiger charge is 2.15. The van der Waals surface area contributed by atoms with Crippen LogP contribution in [0, 0.1) is 0 Å². The molecular weight excluding hydrogens is 262 g/mol. The van der Waals surface area contributed by atoms with Crippen LogP contribution >= 0.6 is 11.6 Å². The van der Waals surface area contributed by atoms with Crippen molar-refractivity contribution in [2.75, 3.05) is 23.3 Å². The van der Waals surface area contributed by atoms with Crippen molar-refractivity contribution in [3.05, 3.63) is 35.5 Å². The van der Waals surface area contributed by atoms with E-state index in [9.17, 15) is 0 Å². The van der Waals surface area contributed by atoms with Gasteiger partial charge in [-0.05, 0) is 31.0 Å². The Morgan fingerprint density at radius 1 is 1.21 bits per heavy atom. The van der Waals surface area contributed by atoms with E-state index in [1.54, 1.807) is 6.20 Å². The Kier molecular flexibility index (Phi) is 3.46. The lowest BCUT2D eigenvalue weighted by atomic mass is 10.3. The molecule has 0 saturated carbocycles. The van der Waals surface area contributed by atoms with Crippen molar-refractivity contribution in [1.29, 1.82) is 0 Å².